The van der Waals surface area contributed by atoms with Gasteiger partial charge in [0.2, 0.25) is 0 Å². The van der Waals surface area contributed by atoms with Crippen LogP contribution in [0.1, 0.15) is 23.3 Å². The molecule has 0 spiro atoms. The topological polar surface area (TPSA) is 105 Å². The molecule has 0 aliphatic rings. The molecule has 0 heterocycles. The summed E-state index contributed by atoms with van der Waals surface area (Å²) in [5, 5.41) is 11.5. The van der Waals surface area contributed by atoms with Gasteiger partial charge in [-0.2, -0.15) is 8.42 Å². The molecule has 7 nitrogen and oxygen atoms in total. The molecule has 106 valence electrons. The summed E-state index contributed by atoms with van der Waals surface area (Å²) in [7, 11) is -4.65. The second kappa shape index (κ2) is 8.18. The first kappa shape index (κ1) is 10.4. The molecule has 0 unspecified atom stereocenters. The molecule has 0 saturated heterocycles. The van der Waals surface area contributed by atoms with E-state index < -0.39 is 45.9 Å². The van der Waals surface area contributed by atoms with E-state index in [4.69, 9.17) is 21.2 Å². The van der Waals surface area contributed by atoms with E-state index in [0.29, 0.717) is 0 Å². The van der Waals surface area contributed by atoms with Crippen LogP contribution >= 0.6 is 11.6 Å². The van der Waals surface area contributed by atoms with E-state index in [1.54, 1.807) is 0 Å². The summed E-state index contributed by atoms with van der Waals surface area (Å²) in [6.45, 7) is -6.98. The van der Waals surface area contributed by atoms with Crippen LogP contribution in [0.25, 0.3) is 0 Å². The van der Waals surface area contributed by atoms with Gasteiger partial charge in [0.05, 0.1) is 12.5 Å². The van der Waals surface area contributed by atoms with Crippen molar-refractivity contribution in [2.75, 3.05) is 5.32 Å². The van der Waals surface area contributed by atoms with Gasteiger partial charge < -0.3 is 14.3 Å². The van der Waals surface area contributed by atoms with Gasteiger partial charge in [0.15, 0.2) is 0 Å². The number of amides is 1. The van der Waals surface area contributed by atoms with Crippen molar-refractivity contribution in [3.05, 3.63) is 23.2 Å². The van der Waals surface area contributed by atoms with Crippen molar-refractivity contribution >= 4 is 33.5 Å². The van der Waals surface area contributed by atoms with E-state index >= 15 is 0 Å². The van der Waals surface area contributed by atoms with Gasteiger partial charge in [-0.25, -0.2) is 4.79 Å². The molecule has 0 saturated carbocycles. The predicted octanol–water partition coefficient (Wildman–Crippen LogP) is -1.72. The summed E-state index contributed by atoms with van der Waals surface area (Å²) in [6, 6.07) is 2.59. The molecule has 1 rings (SSSR count). The van der Waals surface area contributed by atoms with Crippen LogP contribution in [0, 0.1) is 0 Å². The largest absolute Gasteiger partial charge is 1.00 e. The van der Waals surface area contributed by atoms with E-state index in [1.807, 2.05) is 5.32 Å². The van der Waals surface area contributed by atoms with Crippen LogP contribution in [0.4, 0.5) is 10.5 Å². The molecule has 0 bridgehead atoms. The first-order chi connectivity index (χ1) is 11.5. The van der Waals surface area contributed by atoms with Crippen LogP contribution in [0.3, 0.4) is 0 Å². The molecule has 20 heavy (non-hydrogen) atoms. The number of rotatable bonds is 4. The minimum absolute atomic E-state index is 0. The molecule has 0 fully saturated rings. The first-order valence-corrected chi connectivity index (χ1v) is 6.20. The van der Waals surface area contributed by atoms with E-state index in [-0.39, 0.29) is 35.2 Å². The number of nitrogens with one attached hydrogen (secondary N) is 1. The smallest absolute Gasteiger partial charge is 0.707 e. The SMILES string of the molecule is [2H]C([2H])([2H])C([2H])(OC(=O)Nc1ccc(S(=O)(=O)O[O-])c(Cl)c1)C([2H])([2H])[2H].[Na+]. The van der Waals surface area contributed by atoms with Gasteiger partial charge in [0.1, 0.15) is 4.90 Å². The normalized spacial score (nSPS) is 17.8. The Morgan fingerprint density at radius 3 is 2.70 bits per heavy atom. The Morgan fingerprint density at radius 2 is 2.20 bits per heavy atom. The number of benzene rings is 1. The molecule has 0 atom stereocenters. The van der Waals surface area contributed by atoms with Crippen molar-refractivity contribution in [3.63, 3.8) is 0 Å². The fourth-order valence-corrected chi connectivity index (χ4v) is 2.12. The van der Waals surface area contributed by atoms with E-state index in [1.165, 1.54) is 0 Å². The minimum atomic E-state index is -4.65. The molecule has 1 aromatic rings. The Labute approximate surface area is 153 Å². The number of halogens is 1. The number of carbonyl (C=O) groups excluding carboxylic acids is 1. The molecule has 1 N–H and O–H groups in total. The average Bonchev–Trinajstić information content (AvgIpc) is 2.44. The van der Waals surface area contributed by atoms with Crippen molar-refractivity contribution in [3.8, 4) is 0 Å². The van der Waals surface area contributed by atoms with Gasteiger partial charge in [0, 0.05) is 13.9 Å². The Hall–Kier alpha value is -0.350. The molecule has 0 aromatic heterocycles. The summed E-state index contributed by atoms with van der Waals surface area (Å²) < 4.78 is 80.1. The summed E-state index contributed by atoms with van der Waals surface area (Å²) in [6.07, 6.45) is -5.16. The second-order valence-electron chi connectivity index (χ2n) is 3.01. The van der Waals surface area contributed by atoms with Gasteiger partial charge >= 0.3 is 35.7 Å². The zero-order chi connectivity index (χ0) is 20.6. The van der Waals surface area contributed by atoms with Crippen LogP contribution in [-0.4, -0.2) is 20.6 Å². The van der Waals surface area contributed by atoms with E-state index in [0.717, 1.165) is 18.2 Å². The van der Waals surface area contributed by atoms with Gasteiger partial charge in [-0.1, -0.05) is 11.6 Å². The van der Waals surface area contributed by atoms with Crippen LogP contribution < -0.4 is 40.1 Å². The van der Waals surface area contributed by atoms with Gasteiger partial charge in [0.25, 0.3) is 10.1 Å². The zero-order valence-corrected chi connectivity index (χ0v) is 13.5. The maximum atomic E-state index is 11.8. The minimum Gasteiger partial charge on any atom is -0.707 e. The maximum Gasteiger partial charge on any atom is 1.00 e. The summed E-state index contributed by atoms with van der Waals surface area (Å²) in [5.74, 6) is 0. The van der Waals surface area contributed by atoms with E-state index in [2.05, 4.69) is 9.07 Å². The van der Waals surface area contributed by atoms with Crippen LogP contribution in [0.5, 0.6) is 0 Å². The van der Waals surface area contributed by atoms with Crippen molar-refractivity contribution in [2.24, 2.45) is 0 Å². The maximum absolute atomic E-state index is 11.8. The Morgan fingerprint density at radius 1 is 1.55 bits per heavy atom. The summed E-state index contributed by atoms with van der Waals surface area (Å²) in [5.41, 5.74) is -0.233. The number of ether oxygens (including phenoxy) is 1. The number of anilines is 1. The molecule has 1 amide bonds. The van der Waals surface area contributed by atoms with Crippen molar-refractivity contribution in [1.82, 2.24) is 0 Å². The van der Waals surface area contributed by atoms with Crippen molar-refractivity contribution in [2.45, 2.75) is 24.7 Å². The predicted molar refractivity (Wildman–Crippen MR) is 65.0 cm³/mol. The molecule has 10 heteroatoms. The number of hydrogen-bond acceptors (Lipinski definition) is 6. The van der Waals surface area contributed by atoms with Gasteiger partial charge in [-0.3, -0.25) is 5.32 Å². The van der Waals surface area contributed by atoms with Gasteiger partial charge in [-0.05, 0) is 31.9 Å². The fourth-order valence-electron chi connectivity index (χ4n) is 1.05. The van der Waals surface area contributed by atoms with Gasteiger partial charge in [-0.15, -0.1) is 0 Å². The number of carbonyl (C=O) groups is 1. The third-order valence-electron chi connectivity index (χ3n) is 1.73. The molecular weight excluding hydrogens is 321 g/mol. The van der Waals surface area contributed by atoms with Crippen LogP contribution in [0.15, 0.2) is 23.1 Å². The standard InChI is InChI=1S/C10H12ClNO6S.Na/c1-6(2)17-10(13)12-7-3-4-9(8(11)5-7)19(15,16)18-14;/h3-6,14H,1-2H3,(H,12,13);/q;+1/p-1/i1D3,2D3,6D;. The second-order valence-corrected chi connectivity index (χ2v) is 4.90. The van der Waals surface area contributed by atoms with Crippen LogP contribution in [0.2, 0.25) is 5.02 Å². The Kier molecular flexibility index (Phi) is 4.25. The summed E-state index contributed by atoms with van der Waals surface area (Å²) in [4.78, 5) is 11.1. The van der Waals surface area contributed by atoms with Crippen LogP contribution in [-0.2, 0) is 19.2 Å². The Balaban J connectivity index is 0.00000676. The monoisotopic (exact) mass is 338 g/mol. The molecule has 0 aliphatic heterocycles. The van der Waals surface area contributed by atoms with Crippen molar-refractivity contribution < 1.29 is 66.7 Å². The molecule has 0 aliphatic carbocycles. The van der Waals surface area contributed by atoms with E-state index in [9.17, 15) is 18.5 Å². The third-order valence-corrected chi connectivity index (χ3v) is 3.23. The first-order valence-electron chi connectivity index (χ1n) is 7.91. The molecule has 0 radical (unpaired) electrons. The number of hydrogen-bond donors (Lipinski definition) is 1. The Bertz CT molecular complexity index is 786. The fraction of sp³-hybridized carbons (Fsp3) is 0.300. The third kappa shape index (κ3) is 5.57. The quantitative estimate of drug-likeness (QED) is 0.398. The molecular formula is C10H11ClNNaO6S. The summed E-state index contributed by atoms with van der Waals surface area (Å²) >= 11 is 5.65. The zero-order valence-electron chi connectivity index (χ0n) is 17.0. The molecule has 1 aromatic carbocycles. The average molecular weight is 339 g/mol. The van der Waals surface area contributed by atoms with Crippen molar-refractivity contribution in [1.29, 1.82) is 0 Å².